The zero-order valence-electron chi connectivity index (χ0n) is 12.9. The number of imidazole rings is 1. The summed E-state index contributed by atoms with van der Waals surface area (Å²) in [5.74, 6) is 1.17. The number of benzene rings is 1. The summed E-state index contributed by atoms with van der Waals surface area (Å²) in [5.41, 5.74) is 8.04. The standard InChI is InChI=1S/C17H23N3/c1-11-7-8-14(13(3)12(11)2)17-15-6-5-9-20(15)16(19-17)10-18-4/h7-8,18H,5-6,9-10H2,1-4H3. The van der Waals surface area contributed by atoms with Crippen molar-refractivity contribution in [1.29, 1.82) is 0 Å². The van der Waals surface area contributed by atoms with Crippen LogP contribution in [-0.2, 0) is 19.5 Å². The predicted molar refractivity (Wildman–Crippen MR) is 83.0 cm³/mol. The van der Waals surface area contributed by atoms with Gasteiger partial charge in [-0.2, -0.15) is 0 Å². The molecule has 0 atom stereocenters. The van der Waals surface area contributed by atoms with E-state index in [1.165, 1.54) is 45.9 Å². The zero-order chi connectivity index (χ0) is 14.3. The van der Waals surface area contributed by atoms with Crippen LogP contribution in [0.15, 0.2) is 12.1 Å². The molecule has 0 fully saturated rings. The van der Waals surface area contributed by atoms with Crippen LogP contribution in [0.3, 0.4) is 0 Å². The van der Waals surface area contributed by atoms with E-state index < -0.39 is 0 Å². The molecule has 0 bridgehead atoms. The Kier molecular flexibility index (Phi) is 3.38. The number of rotatable bonds is 3. The second-order valence-electron chi connectivity index (χ2n) is 5.79. The van der Waals surface area contributed by atoms with E-state index in [1.807, 2.05) is 7.05 Å². The lowest BCUT2D eigenvalue weighted by Gasteiger charge is -2.10. The molecule has 0 radical (unpaired) electrons. The lowest BCUT2D eigenvalue weighted by atomic mass is 9.96. The molecule has 2 aromatic rings. The smallest absolute Gasteiger partial charge is 0.123 e. The van der Waals surface area contributed by atoms with Crippen LogP contribution in [-0.4, -0.2) is 16.6 Å². The molecule has 1 aromatic carbocycles. The predicted octanol–water partition coefficient (Wildman–Crippen LogP) is 3.14. The van der Waals surface area contributed by atoms with Gasteiger partial charge in [-0.3, -0.25) is 0 Å². The van der Waals surface area contributed by atoms with Gasteiger partial charge < -0.3 is 9.88 Å². The first-order valence-electron chi connectivity index (χ1n) is 7.43. The van der Waals surface area contributed by atoms with Crippen molar-refractivity contribution >= 4 is 0 Å². The van der Waals surface area contributed by atoms with Gasteiger partial charge in [0.05, 0.1) is 12.2 Å². The van der Waals surface area contributed by atoms with E-state index in [-0.39, 0.29) is 0 Å². The molecule has 0 aliphatic carbocycles. The van der Waals surface area contributed by atoms with Crippen molar-refractivity contribution in [1.82, 2.24) is 14.9 Å². The van der Waals surface area contributed by atoms with E-state index in [0.29, 0.717) is 0 Å². The van der Waals surface area contributed by atoms with Gasteiger partial charge in [0.25, 0.3) is 0 Å². The minimum absolute atomic E-state index is 0.844. The van der Waals surface area contributed by atoms with Crippen molar-refractivity contribution in [2.75, 3.05) is 7.05 Å². The number of nitrogens with zero attached hydrogens (tertiary/aromatic N) is 2. The van der Waals surface area contributed by atoms with Crippen molar-refractivity contribution in [2.45, 2.75) is 46.7 Å². The third kappa shape index (κ3) is 1.97. The van der Waals surface area contributed by atoms with Gasteiger partial charge in [0.2, 0.25) is 0 Å². The van der Waals surface area contributed by atoms with E-state index >= 15 is 0 Å². The Balaban J connectivity index is 2.16. The Labute approximate surface area is 121 Å². The first-order chi connectivity index (χ1) is 9.63. The summed E-state index contributed by atoms with van der Waals surface area (Å²) in [5, 5.41) is 3.23. The fraction of sp³-hybridized carbons (Fsp3) is 0.471. The van der Waals surface area contributed by atoms with E-state index in [0.717, 1.165) is 19.5 Å². The molecule has 0 unspecified atom stereocenters. The molecular weight excluding hydrogens is 246 g/mol. The largest absolute Gasteiger partial charge is 0.330 e. The molecule has 0 saturated heterocycles. The third-order valence-corrected chi connectivity index (χ3v) is 4.59. The highest BCUT2D eigenvalue weighted by molar-refractivity contribution is 5.69. The molecule has 3 rings (SSSR count). The SMILES string of the molecule is CNCc1nc(-c2ccc(C)c(C)c2C)c2n1CCC2. The molecule has 2 heterocycles. The summed E-state index contributed by atoms with van der Waals surface area (Å²) < 4.78 is 2.40. The van der Waals surface area contributed by atoms with E-state index in [2.05, 4.69) is 42.8 Å². The average molecular weight is 269 g/mol. The summed E-state index contributed by atoms with van der Waals surface area (Å²) >= 11 is 0. The van der Waals surface area contributed by atoms with Crippen molar-refractivity contribution < 1.29 is 0 Å². The summed E-state index contributed by atoms with van der Waals surface area (Å²) in [6.07, 6.45) is 2.39. The first kappa shape index (κ1) is 13.4. The van der Waals surface area contributed by atoms with Crippen LogP contribution in [0.2, 0.25) is 0 Å². The van der Waals surface area contributed by atoms with Crippen LogP contribution in [0, 0.1) is 20.8 Å². The lowest BCUT2D eigenvalue weighted by Crippen LogP contribution is -2.11. The van der Waals surface area contributed by atoms with E-state index in [4.69, 9.17) is 4.98 Å². The number of fused-ring (bicyclic) bond motifs is 1. The highest BCUT2D eigenvalue weighted by atomic mass is 15.1. The molecule has 1 aliphatic heterocycles. The molecule has 3 nitrogen and oxygen atoms in total. The summed E-state index contributed by atoms with van der Waals surface area (Å²) in [7, 11) is 1.98. The van der Waals surface area contributed by atoms with Gasteiger partial charge in [0.15, 0.2) is 0 Å². The minimum Gasteiger partial charge on any atom is -0.330 e. The van der Waals surface area contributed by atoms with E-state index in [9.17, 15) is 0 Å². The van der Waals surface area contributed by atoms with Gasteiger partial charge in [0, 0.05) is 17.8 Å². The third-order valence-electron chi connectivity index (χ3n) is 4.59. The fourth-order valence-electron chi connectivity index (χ4n) is 3.18. The molecule has 0 spiro atoms. The maximum Gasteiger partial charge on any atom is 0.123 e. The topological polar surface area (TPSA) is 29.9 Å². The lowest BCUT2D eigenvalue weighted by molar-refractivity contribution is 0.653. The van der Waals surface area contributed by atoms with Gasteiger partial charge in [-0.15, -0.1) is 0 Å². The molecule has 0 amide bonds. The van der Waals surface area contributed by atoms with Gasteiger partial charge in [0.1, 0.15) is 5.82 Å². The second kappa shape index (κ2) is 5.06. The molecule has 1 aliphatic rings. The quantitative estimate of drug-likeness (QED) is 0.927. The van der Waals surface area contributed by atoms with Gasteiger partial charge in [-0.1, -0.05) is 12.1 Å². The van der Waals surface area contributed by atoms with Crippen molar-refractivity contribution in [3.05, 3.63) is 40.3 Å². The number of hydrogen-bond donors (Lipinski definition) is 1. The molecule has 3 heteroatoms. The molecule has 20 heavy (non-hydrogen) atoms. The van der Waals surface area contributed by atoms with Crippen LogP contribution < -0.4 is 5.32 Å². The maximum absolute atomic E-state index is 4.92. The monoisotopic (exact) mass is 269 g/mol. The van der Waals surface area contributed by atoms with Crippen LogP contribution in [0.5, 0.6) is 0 Å². The zero-order valence-corrected chi connectivity index (χ0v) is 12.9. The van der Waals surface area contributed by atoms with Crippen LogP contribution in [0.4, 0.5) is 0 Å². The van der Waals surface area contributed by atoms with Crippen LogP contribution >= 0.6 is 0 Å². The minimum atomic E-state index is 0.844. The summed E-state index contributed by atoms with van der Waals surface area (Å²) in [4.78, 5) is 4.92. The first-order valence-corrected chi connectivity index (χ1v) is 7.43. The molecule has 1 N–H and O–H groups in total. The fourth-order valence-corrected chi connectivity index (χ4v) is 3.18. The Hall–Kier alpha value is -1.61. The number of aryl methyl sites for hydroxylation is 1. The Morgan fingerprint density at radius 1 is 1.20 bits per heavy atom. The van der Waals surface area contributed by atoms with Crippen molar-refractivity contribution in [2.24, 2.45) is 0 Å². The van der Waals surface area contributed by atoms with Crippen molar-refractivity contribution in [3.8, 4) is 11.3 Å². The van der Waals surface area contributed by atoms with Crippen LogP contribution in [0.25, 0.3) is 11.3 Å². The van der Waals surface area contributed by atoms with Crippen molar-refractivity contribution in [3.63, 3.8) is 0 Å². The number of hydrogen-bond acceptors (Lipinski definition) is 2. The van der Waals surface area contributed by atoms with Gasteiger partial charge in [-0.05, 0) is 57.4 Å². The van der Waals surface area contributed by atoms with Gasteiger partial charge in [-0.25, -0.2) is 4.98 Å². The average Bonchev–Trinajstić information content (AvgIpc) is 3.01. The summed E-state index contributed by atoms with van der Waals surface area (Å²) in [6.45, 7) is 8.56. The number of nitrogens with one attached hydrogen (secondary N) is 1. The second-order valence-corrected chi connectivity index (χ2v) is 5.79. The Morgan fingerprint density at radius 2 is 2.00 bits per heavy atom. The molecule has 106 valence electrons. The molecule has 1 aromatic heterocycles. The Morgan fingerprint density at radius 3 is 2.75 bits per heavy atom. The van der Waals surface area contributed by atoms with Crippen LogP contribution in [0.1, 0.15) is 34.6 Å². The maximum atomic E-state index is 4.92. The molecular formula is C17H23N3. The number of aromatic nitrogens is 2. The highest BCUT2D eigenvalue weighted by Gasteiger charge is 2.23. The van der Waals surface area contributed by atoms with Gasteiger partial charge >= 0.3 is 0 Å². The van der Waals surface area contributed by atoms with E-state index in [1.54, 1.807) is 0 Å². The normalized spacial score (nSPS) is 13.8. The Bertz CT molecular complexity index is 653. The summed E-state index contributed by atoms with van der Waals surface area (Å²) in [6, 6.07) is 4.46. The highest BCUT2D eigenvalue weighted by Crippen LogP contribution is 2.33. The molecule has 0 saturated carbocycles.